The van der Waals surface area contributed by atoms with Crippen LogP contribution in [0.5, 0.6) is 0 Å². The highest BCUT2D eigenvalue weighted by Crippen LogP contribution is 2.45. The second-order valence-electron chi connectivity index (χ2n) is 6.91. The van der Waals surface area contributed by atoms with E-state index in [2.05, 4.69) is 48.3 Å². The van der Waals surface area contributed by atoms with Gasteiger partial charge >= 0.3 is 0 Å². The van der Waals surface area contributed by atoms with Crippen molar-refractivity contribution in [2.45, 2.75) is 32.1 Å². The van der Waals surface area contributed by atoms with Gasteiger partial charge in [-0.3, -0.25) is 4.57 Å². The SMILES string of the molecule is CC(NP(=O)(Cc1ccccc1)NC(C)c1ccccc1)c1ccccc1. The molecule has 0 bridgehead atoms. The van der Waals surface area contributed by atoms with Crippen molar-refractivity contribution >= 4 is 7.44 Å². The van der Waals surface area contributed by atoms with Gasteiger partial charge in [0.05, 0.1) is 6.16 Å². The van der Waals surface area contributed by atoms with Gasteiger partial charge in [0.25, 0.3) is 0 Å². The first-order valence-electron chi connectivity index (χ1n) is 9.34. The first-order chi connectivity index (χ1) is 13.1. The third-order valence-electron chi connectivity index (χ3n) is 4.65. The lowest BCUT2D eigenvalue weighted by atomic mass is 10.1. The van der Waals surface area contributed by atoms with Crippen molar-refractivity contribution in [1.29, 1.82) is 0 Å². The summed E-state index contributed by atoms with van der Waals surface area (Å²) < 4.78 is 13.9. The van der Waals surface area contributed by atoms with Crippen LogP contribution in [0.15, 0.2) is 91.0 Å². The maximum Gasteiger partial charge on any atom is 0.216 e. The van der Waals surface area contributed by atoms with Gasteiger partial charge < -0.3 is 0 Å². The van der Waals surface area contributed by atoms with E-state index in [0.29, 0.717) is 6.16 Å². The molecule has 3 aromatic rings. The standard InChI is InChI=1S/C23H27N2OP/c1-19(22-14-8-4-9-15-22)24-27(26,18-21-12-6-3-7-13-21)25-20(2)23-16-10-5-11-17-23/h3-17,19-20H,18H2,1-2H3,(H2,24,25,26). The fraction of sp³-hybridized carbons (Fsp3) is 0.217. The van der Waals surface area contributed by atoms with E-state index in [1.54, 1.807) is 0 Å². The number of hydrogen-bond donors (Lipinski definition) is 2. The molecule has 0 radical (unpaired) electrons. The highest BCUT2D eigenvalue weighted by atomic mass is 31.2. The normalized spacial score (nSPS) is 15.6. The Balaban J connectivity index is 1.82. The summed E-state index contributed by atoms with van der Waals surface area (Å²) in [5.74, 6) is 0. The number of nitrogens with one attached hydrogen (secondary N) is 2. The zero-order chi connectivity index (χ0) is 19.1. The number of benzene rings is 3. The Kier molecular flexibility index (Phi) is 6.63. The molecule has 0 aliphatic rings. The molecule has 0 aliphatic carbocycles. The van der Waals surface area contributed by atoms with Crippen LogP contribution >= 0.6 is 7.44 Å². The van der Waals surface area contributed by atoms with Crippen LogP contribution in [0.4, 0.5) is 0 Å². The lowest BCUT2D eigenvalue weighted by Gasteiger charge is -2.28. The van der Waals surface area contributed by atoms with E-state index in [1.807, 2.05) is 66.7 Å². The summed E-state index contributed by atoms with van der Waals surface area (Å²) in [7, 11) is -2.88. The molecule has 0 spiro atoms. The Labute approximate surface area is 162 Å². The highest BCUT2D eigenvalue weighted by molar-refractivity contribution is 7.59. The molecule has 3 nitrogen and oxygen atoms in total. The van der Waals surface area contributed by atoms with Gasteiger partial charge in [-0.2, -0.15) is 0 Å². The monoisotopic (exact) mass is 378 g/mol. The fourth-order valence-corrected chi connectivity index (χ4v) is 5.76. The number of hydrogen-bond acceptors (Lipinski definition) is 1. The summed E-state index contributed by atoms with van der Waals surface area (Å²) in [6, 6.07) is 30.2. The van der Waals surface area contributed by atoms with Crippen molar-refractivity contribution in [3.05, 3.63) is 108 Å². The van der Waals surface area contributed by atoms with Gasteiger partial charge in [-0.15, -0.1) is 0 Å². The average Bonchev–Trinajstić information content (AvgIpc) is 2.69. The average molecular weight is 378 g/mol. The molecule has 0 aromatic heterocycles. The van der Waals surface area contributed by atoms with Gasteiger partial charge in [0, 0.05) is 12.1 Å². The van der Waals surface area contributed by atoms with Crippen LogP contribution in [0.3, 0.4) is 0 Å². The minimum atomic E-state index is -2.88. The molecule has 0 saturated heterocycles. The summed E-state index contributed by atoms with van der Waals surface area (Å²) in [5, 5.41) is 6.81. The molecular formula is C23H27N2OP. The number of rotatable bonds is 8. The van der Waals surface area contributed by atoms with Gasteiger partial charge in [-0.05, 0) is 30.5 Å². The predicted octanol–water partition coefficient (Wildman–Crippen LogP) is 6.08. The van der Waals surface area contributed by atoms with Crippen molar-refractivity contribution in [3.8, 4) is 0 Å². The Bertz CT molecular complexity index is 817. The zero-order valence-electron chi connectivity index (χ0n) is 15.9. The molecule has 4 heteroatoms. The van der Waals surface area contributed by atoms with E-state index in [4.69, 9.17) is 0 Å². The quantitative estimate of drug-likeness (QED) is 0.467. The van der Waals surface area contributed by atoms with E-state index in [9.17, 15) is 4.57 Å². The Morgan fingerprint density at radius 2 is 1.04 bits per heavy atom. The third kappa shape index (κ3) is 5.64. The van der Waals surface area contributed by atoms with E-state index < -0.39 is 7.44 Å². The van der Waals surface area contributed by atoms with Crippen molar-refractivity contribution in [2.75, 3.05) is 0 Å². The van der Waals surface area contributed by atoms with Crippen LogP contribution in [0.2, 0.25) is 0 Å². The van der Waals surface area contributed by atoms with E-state index in [0.717, 1.165) is 16.7 Å². The summed E-state index contributed by atoms with van der Waals surface area (Å²) in [5.41, 5.74) is 3.31. The summed E-state index contributed by atoms with van der Waals surface area (Å²) >= 11 is 0. The van der Waals surface area contributed by atoms with E-state index in [1.165, 1.54) is 0 Å². The van der Waals surface area contributed by atoms with E-state index in [-0.39, 0.29) is 12.1 Å². The summed E-state index contributed by atoms with van der Waals surface area (Å²) in [6.07, 6.45) is 0.461. The van der Waals surface area contributed by atoms with Crippen LogP contribution < -0.4 is 10.2 Å². The summed E-state index contributed by atoms with van der Waals surface area (Å²) in [6.45, 7) is 4.11. The second kappa shape index (κ2) is 9.14. The van der Waals surface area contributed by atoms with Crippen molar-refractivity contribution < 1.29 is 4.57 Å². The van der Waals surface area contributed by atoms with Gasteiger partial charge in [0.15, 0.2) is 0 Å². The molecule has 0 saturated carbocycles. The molecule has 3 aromatic carbocycles. The Hall–Kier alpha value is -2.19. The van der Waals surface area contributed by atoms with Crippen LogP contribution in [0.1, 0.15) is 42.6 Å². The van der Waals surface area contributed by atoms with Crippen molar-refractivity contribution in [2.24, 2.45) is 0 Å². The highest BCUT2D eigenvalue weighted by Gasteiger charge is 2.27. The predicted molar refractivity (Wildman–Crippen MR) is 114 cm³/mol. The Morgan fingerprint density at radius 3 is 1.44 bits per heavy atom. The fourth-order valence-electron chi connectivity index (χ4n) is 3.23. The van der Waals surface area contributed by atoms with Crippen LogP contribution in [-0.4, -0.2) is 0 Å². The molecule has 27 heavy (non-hydrogen) atoms. The lowest BCUT2D eigenvalue weighted by molar-refractivity contribution is 0.529. The van der Waals surface area contributed by atoms with Crippen LogP contribution in [0.25, 0.3) is 0 Å². The van der Waals surface area contributed by atoms with Crippen LogP contribution in [-0.2, 0) is 10.7 Å². The first-order valence-corrected chi connectivity index (χ1v) is 11.2. The maximum absolute atomic E-state index is 13.9. The minimum absolute atomic E-state index is 0.0174. The lowest BCUT2D eigenvalue weighted by Crippen LogP contribution is -2.28. The molecule has 2 N–H and O–H groups in total. The molecule has 0 fully saturated rings. The van der Waals surface area contributed by atoms with Gasteiger partial charge in [0.1, 0.15) is 0 Å². The molecule has 140 valence electrons. The molecule has 3 rings (SSSR count). The maximum atomic E-state index is 13.9. The molecule has 2 atom stereocenters. The first kappa shape index (κ1) is 19.6. The topological polar surface area (TPSA) is 41.1 Å². The smallest absolute Gasteiger partial charge is 0.216 e. The third-order valence-corrected chi connectivity index (χ3v) is 7.07. The second-order valence-corrected chi connectivity index (χ2v) is 9.22. The molecule has 0 aliphatic heterocycles. The van der Waals surface area contributed by atoms with Crippen LogP contribution in [0, 0.1) is 0 Å². The van der Waals surface area contributed by atoms with Crippen molar-refractivity contribution in [1.82, 2.24) is 10.2 Å². The Morgan fingerprint density at radius 1 is 0.667 bits per heavy atom. The molecule has 0 amide bonds. The largest absolute Gasteiger partial charge is 0.289 e. The van der Waals surface area contributed by atoms with Gasteiger partial charge in [-0.1, -0.05) is 91.0 Å². The van der Waals surface area contributed by atoms with Crippen molar-refractivity contribution in [3.63, 3.8) is 0 Å². The summed E-state index contributed by atoms with van der Waals surface area (Å²) in [4.78, 5) is 0. The van der Waals surface area contributed by atoms with Gasteiger partial charge in [-0.25, -0.2) is 10.2 Å². The molecule has 2 unspecified atom stereocenters. The molecular weight excluding hydrogens is 351 g/mol. The molecule has 0 heterocycles. The zero-order valence-corrected chi connectivity index (χ0v) is 16.8. The minimum Gasteiger partial charge on any atom is -0.289 e. The van der Waals surface area contributed by atoms with E-state index >= 15 is 0 Å². The van der Waals surface area contributed by atoms with Gasteiger partial charge in [0.2, 0.25) is 7.44 Å².